The van der Waals surface area contributed by atoms with Gasteiger partial charge in [-0.3, -0.25) is 9.78 Å². The van der Waals surface area contributed by atoms with Crippen molar-refractivity contribution in [2.24, 2.45) is 0 Å². The Kier molecular flexibility index (Phi) is 6.55. The van der Waals surface area contributed by atoms with E-state index in [-0.39, 0.29) is 5.91 Å². The number of carbonyl (C=O) groups excluding carboxylic acids is 1. The summed E-state index contributed by atoms with van der Waals surface area (Å²) in [5, 5.41) is 6.34. The molecule has 0 saturated carbocycles. The third-order valence-corrected chi connectivity index (χ3v) is 4.00. The second kappa shape index (κ2) is 9.50. The summed E-state index contributed by atoms with van der Waals surface area (Å²) in [5.41, 5.74) is 3.63. The van der Waals surface area contributed by atoms with E-state index < -0.39 is 0 Å². The lowest BCUT2D eigenvalue weighted by molar-refractivity contribution is 0.102. The quantitative estimate of drug-likeness (QED) is 0.636. The third kappa shape index (κ3) is 5.66. The first-order valence-corrected chi connectivity index (χ1v) is 8.97. The zero-order valence-electron chi connectivity index (χ0n) is 15.3. The molecule has 1 heterocycles. The van der Waals surface area contributed by atoms with Gasteiger partial charge in [0.25, 0.3) is 5.91 Å². The fourth-order valence-electron chi connectivity index (χ4n) is 2.73. The number of rotatable bonds is 8. The summed E-state index contributed by atoms with van der Waals surface area (Å²) in [5.74, 6) is 0.743. The van der Waals surface area contributed by atoms with Gasteiger partial charge < -0.3 is 15.4 Å². The number of hydrogen-bond donors (Lipinski definition) is 2. The maximum absolute atomic E-state index is 12.2. The number of anilines is 1. The summed E-state index contributed by atoms with van der Waals surface area (Å²) < 4.78 is 5.53. The molecular formula is C22H23N3O2. The highest BCUT2D eigenvalue weighted by Gasteiger charge is 2.05. The molecule has 0 aliphatic carbocycles. The van der Waals surface area contributed by atoms with Crippen LogP contribution in [-0.4, -0.2) is 17.5 Å². The molecule has 0 atom stereocenters. The van der Waals surface area contributed by atoms with Gasteiger partial charge in [0.15, 0.2) is 0 Å². The van der Waals surface area contributed by atoms with Crippen LogP contribution in [0.3, 0.4) is 0 Å². The number of amides is 1. The second-order valence-electron chi connectivity index (χ2n) is 6.07. The van der Waals surface area contributed by atoms with Gasteiger partial charge in [-0.15, -0.1) is 0 Å². The zero-order chi connectivity index (χ0) is 18.9. The summed E-state index contributed by atoms with van der Waals surface area (Å²) in [6.45, 7) is 4.09. The molecule has 0 saturated heterocycles. The van der Waals surface area contributed by atoms with Crippen molar-refractivity contribution in [2.45, 2.75) is 20.0 Å². The van der Waals surface area contributed by atoms with Gasteiger partial charge in [-0.2, -0.15) is 0 Å². The van der Waals surface area contributed by atoms with Crippen molar-refractivity contribution in [3.63, 3.8) is 0 Å². The molecule has 5 heteroatoms. The zero-order valence-corrected chi connectivity index (χ0v) is 15.3. The number of pyridine rings is 1. The van der Waals surface area contributed by atoms with Crippen LogP contribution in [0.2, 0.25) is 0 Å². The Hall–Kier alpha value is -3.18. The van der Waals surface area contributed by atoms with Gasteiger partial charge >= 0.3 is 0 Å². The van der Waals surface area contributed by atoms with E-state index in [1.165, 1.54) is 5.56 Å². The predicted molar refractivity (Wildman–Crippen MR) is 107 cm³/mol. The molecule has 2 N–H and O–H groups in total. The minimum atomic E-state index is -0.143. The van der Waals surface area contributed by atoms with Gasteiger partial charge in [0, 0.05) is 36.7 Å². The molecule has 0 unspecified atom stereocenters. The van der Waals surface area contributed by atoms with Crippen molar-refractivity contribution < 1.29 is 9.53 Å². The van der Waals surface area contributed by atoms with Crippen molar-refractivity contribution in [1.82, 2.24) is 10.3 Å². The molecular weight excluding hydrogens is 338 g/mol. The van der Waals surface area contributed by atoms with Crippen molar-refractivity contribution in [3.05, 3.63) is 89.7 Å². The third-order valence-electron chi connectivity index (χ3n) is 4.00. The highest BCUT2D eigenvalue weighted by atomic mass is 16.5. The van der Waals surface area contributed by atoms with Crippen LogP contribution >= 0.6 is 0 Å². The number of nitrogens with zero attached hydrogens (tertiary/aromatic N) is 1. The lowest BCUT2D eigenvalue weighted by Crippen LogP contribution is -2.14. The van der Waals surface area contributed by atoms with E-state index >= 15 is 0 Å². The minimum Gasteiger partial charge on any atom is -0.494 e. The minimum absolute atomic E-state index is 0.143. The summed E-state index contributed by atoms with van der Waals surface area (Å²) in [6, 6.07) is 19.3. The van der Waals surface area contributed by atoms with E-state index in [0.29, 0.717) is 18.7 Å². The van der Waals surface area contributed by atoms with E-state index in [2.05, 4.69) is 21.7 Å². The summed E-state index contributed by atoms with van der Waals surface area (Å²) in [4.78, 5) is 16.2. The van der Waals surface area contributed by atoms with Gasteiger partial charge in [0.2, 0.25) is 0 Å². The molecule has 0 aliphatic rings. The fraction of sp³-hybridized carbons (Fsp3) is 0.182. The van der Waals surface area contributed by atoms with Crippen LogP contribution in [0.4, 0.5) is 5.69 Å². The predicted octanol–water partition coefficient (Wildman–Crippen LogP) is 4.02. The van der Waals surface area contributed by atoms with E-state index in [4.69, 9.17) is 4.74 Å². The number of benzene rings is 2. The van der Waals surface area contributed by atoms with Gasteiger partial charge in [-0.25, -0.2) is 0 Å². The molecule has 0 spiro atoms. The first-order chi connectivity index (χ1) is 13.2. The maximum Gasteiger partial charge on any atom is 0.255 e. The van der Waals surface area contributed by atoms with Gasteiger partial charge in [-0.1, -0.05) is 24.3 Å². The molecule has 0 aliphatic heterocycles. The Balaban J connectivity index is 1.55. The molecule has 3 rings (SSSR count). The monoisotopic (exact) mass is 361 g/mol. The Labute approximate surface area is 159 Å². The number of nitrogens with one attached hydrogen (secondary N) is 2. The molecule has 1 amide bonds. The van der Waals surface area contributed by atoms with Crippen LogP contribution in [-0.2, 0) is 13.1 Å². The Morgan fingerprint density at radius 1 is 0.963 bits per heavy atom. The van der Waals surface area contributed by atoms with Gasteiger partial charge in [-0.05, 0) is 54.4 Å². The van der Waals surface area contributed by atoms with Crippen molar-refractivity contribution >= 4 is 11.6 Å². The molecule has 5 nitrogen and oxygen atoms in total. The second-order valence-corrected chi connectivity index (χ2v) is 6.07. The highest BCUT2D eigenvalue weighted by molar-refractivity contribution is 6.04. The highest BCUT2D eigenvalue weighted by Crippen LogP contribution is 2.14. The van der Waals surface area contributed by atoms with Crippen LogP contribution in [0.5, 0.6) is 5.75 Å². The molecule has 138 valence electrons. The number of hydrogen-bond acceptors (Lipinski definition) is 4. The molecule has 2 aromatic carbocycles. The van der Waals surface area contributed by atoms with Crippen molar-refractivity contribution in [1.29, 1.82) is 0 Å². The van der Waals surface area contributed by atoms with Gasteiger partial charge in [0.05, 0.1) is 6.61 Å². The normalized spacial score (nSPS) is 10.4. The first-order valence-electron chi connectivity index (χ1n) is 8.97. The Morgan fingerprint density at radius 3 is 2.41 bits per heavy atom. The average Bonchev–Trinajstić information content (AvgIpc) is 2.70. The molecule has 0 fully saturated rings. The summed E-state index contributed by atoms with van der Waals surface area (Å²) in [7, 11) is 0. The average molecular weight is 361 g/mol. The van der Waals surface area contributed by atoms with E-state index in [0.717, 1.165) is 23.5 Å². The van der Waals surface area contributed by atoms with E-state index in [1.54, 1.807) is 24.5 Å². The van der Waals surface area contributed by atoms with Crippen molar-refractivity contribution in [3.8, 4) is 5.75 Å². The van der Waals surface area contributed by atoms with Crippen LogP contribution in [0.15, 0.2) is 73.1 Å². The van der Waals surface area contributed by atoms with E-state index in [9.17, 15) is 4.79 Å². The van der Waals surface area contributed by atoms with Crippen LogP contribution in [0.1, 0.15) is 28.4 Å². The van der Waals surface area contributed by atoms with Crippen LogP contribution in [0.25, 0.3) is 0 Å². The van der Waals surface area contributed by atoms with Gasteiger partial charge in [0.1, 0.15) is 5.75 Å². The number of ether oxygens (including phenoxy) is 1. The lowest BCUT2D eigenvalue weighted by Gasteiger charge is -2.10. The molecule has 0 bridgehead atoms. The lowest BCUT2D eigenvalue weighted by atomic mass is 10.1. The SMILES string of the molecule is CCOc1cccc(CNCc2cccc(NC(=O)c3ccncc3)c2)c1. The smallest absolute Gasteiger partial charge is 0.255 e. The maximum atomic E-state index is 12.2. The van der Waals surface area contributed by atoms with Crippen LogP contribution in [0, 0.1) is 0 Å². The van der Waals surface area contributed by atoms with Crippen molar-refractivity contribution in [2.75, 3.05) is 11.9 Å². The summed E-state index contributed by atoms with van der Waals surface area (Å²) in [6.07, 6.45) is 3.21. The molecule has 0 radical (unpaired) electrons. The number of carbonyl (C=O) groups is 1. The first kappa shape index (κ1) is 18.6. The Morgan fingerprint density at radius 2 is 1.67 bits per heavy atom. The number of aromatic nitrogens is 1. The molecule has 3 aromatic rings. The molecule has 1 aromatic heterocycles. The summed E-state index contributed by atoms with van der Waals surface area (Å²) >= 11 is 0. The standard InChI is InChI=1S/C22H23N3O2/c1-2-27-21-8-4-6-18(14-21)16-24-15-17-5-3-7-20(13-17)25-22(26)19-9-11-23-12-10-19/h3-14,24H,2,15-16H2,1H3,(H,25,26). The van der Waals surface area contributed by atoms with E-state index in [1.807, 2.05) is 49.4 Å². The Bertz CT molecular complexity index is 881. The molecule has 27 heavy (non-hydrogen) atoms. The topological polar surface area (TPSA) is 63.2 Å². The van der Waals surface area contributed by atoms with Crippen LogP contribution < -0.4 is 15.4 Å². The largest absolute Gasteiger partial charge is 0.494 e. The fourth-order valence-corrected chi connectivity index (χ4v) is 2.73.